The molecule has 0 unspecified atom stereocenters. The highest BCUT2D eigenvalue weighted by Crippen LogP contribution is 2.24. The van der Waals surface area contributed by atoms with Gasteiger partial charge >= 0.3 is 0 Å². The molecule has 182 valence electrons. The molecule has 0 saturated heterocycles. The SMILES string of the molecule is COc1cccc(C(=O)N(Cc2ccc(F)cc2)c2cccc(CC(=O)NCc3ccccn3)c2)c1. The monoisotopic (exact) mass is 483 g/mol. The van der Waals surface area contributed by atoms with Gasteiger partial charge in [0.2, 0.25) is 5.91 Å². The Morgan fingerprint density at radius 2 is 1.72 bits per heavy atom. The van der Waals surface area contributed by atoms with Crippen LogP contribution < -0.4 is 15.0 Å². The second-order valence-electron chi connectivity index (χ2n) is 8.19. The van der Waals surface area contributed by atoms with Crippen LogP contribution in [0, 0.1) is 5.82 Å². The van der Waals surface area contributed by atoms with Crippen LogP contribution in [-0.4, -0.2) is 23.9 Å². The maximum atomic E-state index is 13.6. The summed E-state index contributed by atoms with van der Waals surface area (Å²) in [6.45, 7) is 0.566. The van der Waals surface area contributed by atoms with Gasteiger partial charge in [0, 0.05) is 17.4 Å². The summed E-state index contributed by atoms with van der Waals surface area (Å²) in [4.78, 5) is 32.0. The first kappa shape index (κ1) is 24.6. The maximum Gasteiger partial charge on any atom is 0.258 e. The topological polar surface area (TPSA) is 71.5 Å². The average molecular weight is 484 g/mol. The van der Waals surface area contributed by atoms with Crippen LogP contribution in [0.4, 0.5) is 10.1 Å². The predicted molar refractivity (Wildman–Crippen MR) is 136 cm³/mol. The molecule has 0 saturated carbocycles. The predicted octanol–water partition coefficient (Wildman–Crippen LogP) is 4.94. The third kappa shape index (κ3) is 6.54. The molecule has 1 heterocycles. The van der Waals surface area contributed by atoms with Gasteiger partial charge in [-0.1, -0.05) is 36.4 Å². The number of ether oxygens (including phenoxy) is 1. The van der Waals surface area contributed by atoms with Gasteiger partial charge in [0.1, 0.15) is 11.6 Å². The van der Waals surface area contributed by atoms with Crippen molar-refractivity contribution in [2.75, 3.05) is 12.0 Å². The van der Waals surface area contributed by atoms with E-state index in [4.69, 9.17) is 4.74 Å². The van der Waals surface area contributed by atoms with E-state index in [9.17, 15) is 14.0 Å². The van der Waals surface area contributed by atoms with E-state index in [0.717, 1.165) is 16.8 Å². The molecule has 1 N–H and O–H groups in total. The normalized spacial score (nSPS) is 10.5. The minimum atomic E-state index is -0.344. The second-order valence-corrected chi connectivity index (χ2v) is 8.19. The molecule has 0 fully saturated rings. The van der Waals surface area contributed by atoms with Crippen LogP contribution in [0.15, 0.2) is 97.2 Å². The van der Waals surface area contributed by atoms with Crippen molar-refractivity contribution in [3.8, 4) is 5.75 Å². The molecule has 3 aromatic carbocycles. The number of methoxy groups -OCH3 is 1. The Hall–Kier alpha value is -4.52. The molecule has 6 nitrogen and oxygen atoms in total. The van der Waals surface area contributed by atoms with Crippen molar-refractivity contribution in [3.05, 3.63) is 125 Å². The van der Waals surface area contributed by atoms with E-state index >= 15 is 0 Å². The molecule has 0 bridgehead atoms. The molecule has 0 atom stereocenters. The molecule has 7 heteroatoms. The number of aromatic nitrogens is 1. The molecule has 0 spiro atoms. The second kappa shape index (κ2) is 11.8. The summed E-state index contributed by atoms with van der Waals surface area (Å²) in [5.74, 6) is -0.166. The summed E-state index contributed by atoms with van der Waals surface area (Å²) in [7, 11) is 1.54. The third-order valence-electron chi connectivity index (χ3n) is 5.60. The lowest BCUT2D eigenvalue weighted by Crippen LogP contribution is -2.30. The molecule has 2 amide bonds. The highest BCUT2D eigenvalue weighted by atomic mass is 19.1. The first-order chi connectivity index (χ1) is 17.5. The number of nitrogens with zero attached hydrogens (tertiary/aromatic N) is 2. The molecule has 36 heavy (non-hydrogen) atoms. The fourth-order valence-corrected chi connectivity index (χ4v) is 3.74. The van der Waals surface area contributed by atoms with E-state index in [1.807, 2.05) is 42.5 Å². The number of amides is 2. The van der Waals surface area contributed by atoms with Crippen molar-refractivity contribution in [3.63, 3.8) is 0 Å². The fourth-order valence-electron chi connectivity index (χ4n) is 3.74. The summed E-state index contributed by atoms with van der Waals surface area (Å²) in [6, 6.07) is 25.8. The minimum Gasteiger partial charge on any atom is -0.497 e. The number of rotatable bonds is 9. The standard InChI is InChI=1S/C29H26FN3O3/c1-36-27-10-5-7-23(18-27)29(35)33(20-21-11-13-24(30)14-12-21)26-9-4-6-22(16-26)17-28(34)32-19-25-8-2-3-15-31-25/h2-16,18H,17,19-20H2,1H3,(H,32,34). The number of pyridine rings is 1. The number of hydrogen-bond donors (Lipinski definition) is 1. The highest BCUT2D eigenvalue weighted by Gasteiger charge is 2.20. The summed E-state index contributed by atoms with van der Waals surface area (Å²) in [6.07, 6.45) is 1.83. The molecule has 0 aliphatic heterocycles. The third-order valence-corrected chi connectivity index (χ3v) is 5.60. The molecular formula is C29H26FN3O3. The Balaban J connectivity index is 1.56. The van der Waals surface area contributed by atoms with Crippen LogP contribution >= 0.6 is 0 Å². The molecular weight excluding hydrogens is 457 g/mol. The van der Waals surface area contributed by atoms with Gasteiger partial charge in [-0.3, -0.25) is 14.6 Å². The van der Waals surface area contributed by atoms with Crippen molar-refractivity contribution in [2.24, 2.45) is 0 Å². The number of anilines is 1. The number of halogens is 1. The zero-order chi connectivity index (χ0) is 25.3. The number of carbonyl (C=O) groups excluding carboxylic acids is 2. The first-order valence-electron chi connectivity index (χ1n) is 11.5. The first-order valence-corrected chi connectivity index (χ1v) is 11.5. The van der Waals surface area contributed by atoms with Gasteiger partial charge in [-0.05, 0) is 65.7 Å². The minimum absolute atomic E-state index is 0.151. The van der Waals surface area contributed by atoms with Crippen molar-refractivity contribution in [1.82, 2.24) is 10.3 Å². The number of carbonyl (C=O) groups is 2. The zero-order valence-electron chi connectivity index (χ0n) is 19.9. The lowest BCUT2D eigenvalue weighted by atomic mass is 10.1. The maximum absolute atomic E-state index is 13.6. The molecule has 1 aromatic heterocycles. The quantitative estimate of drug-likeness (QED) is 0.366. The highest BCUT2D eigenvalue weighted by molar-refractivity contribution is 6.06. The van der Waals surface area contributed by atoms with Gasteiger partial charge in [0.25, 0.3) is 5.91 Å². The Morgan fingerprint density at radius 3 is 2.47 bits per heavy atom. The van der Waals surface area contributed by atoms with E-state index in [1.165, 1.54) is 12.1 Å². The van der Waals surface area contributed by atoms with E-state index < -0.39 is 0 Å². The van der Waals surface area contributed by atoms with Crippen LogP contribution in [0.5, 0.6) is 5.75 Å². The van der Waals surface area contributed by atoms with Crippen molar-refractivity contribution in [1.29, 1.82) is 0 Å². The number of benzene rings is 3. The molecule has 4 aromatic rings. The van der Waals surface area contributed by atoms with Crippen LogP contribution in [-0.2, 0) is 24.3 Å². The van der Waals surface area contributed by atoms with Gasteiger partial charge in [0.05, 0.1) is 32.3 Å². The fraction of sp³-hybridized carbons (Fsp3) is 0.138. The van der Waals surface area contributed by atoms with Crippen LogP contribution in [0.25, 0.3) is 0 Å². The van der Waals surface area contributed by atoms with Crippen LogP contribution in [0.1, 0.15) is 27.2 Å². The van der Waals surface area contributed by atoms with Gasteiger partial charge in [-0.25, -0.2) is 4.39 Å². The summed E-state index contributed by atoms with van der Waals surface area (Å²) >= 11 is 0. The molecule has 0 aliphatic carbocycles. The van der Waals surface area contributed by atoms with Crippen molar-refractivity contribution < 1.29 is 18.7 Å². The largest absolute Gasteiger partial charge is 0.497 e. The summed E-state index contributed by atoms with van der Waals surface area (Å²) < 4.78 is 18.7. The average Bonchev–Trinajstić information content (AvgIpc) is 2.92. The summed E-state index contributed by atoms with van der Waals surface area (Å²) in [5, 5.41) is 2.87. The Kier molecular flexibility index (Phi) is 8.03. The van der Waals surface area contributed by atoms with Gasteiger partial charge in [-0.2, -0.15) is 0 Å². The van der Waals surface area contributed by atoms with Crippen molar-refractivity contribution >= 4 is 17.5 Å². The molecule has 0 aliphatic rings. The lowest BCUT2D eigenvalue weighted by Gasteiger charge is -2.24. The Bertz CT molecular complexity index is 1330. The Morgan fingerprint density at radius 1 is 0.917 bits per heavy atom. The smallest absolute Gasteiger partial charge is 0.258 e. The molecule has 4 rings (SSSR count). The van der Waals surface area contributed by atoms with E-state index in [0.29, 0.717) is 23.5 Å². The zero-order valence-corrected chi connectivity index (χ0v) is 19.9. The van der Waals surface area contributed by atoms with E-state index in [2.05, 4.69) is 10.3 Å². The van der Waals surface area contributed by atoms with E-state index in [1.54, 1.807) is 54.6 Å². The number of hydrogen-bond acceptors (Lipinski definition) is 4. The van der Waals surface area contributed by atoms with Gasteiger partial charge in [-0.15, -0.1) is 0 Å². The Labute approximate surface area is 209 Å². The van der Waals surface area contributed by atoms with Crippen LogP contribution in [0.2, 0.25) is 0 Å². The summed E-state index contributed by atoms with van der Waals surface area (Å²) in [5.41, 5.74) is 3.38. The van der Waals surface area contributed by atoms with Gasteiger partial charge < -0.3 is 15.0 Å². The van der Waals surface area contributed by atoms with Gasteiger partial charge in [0.15, 0.2) is 0 Å². The molecule has 0 radical (unpaired) electrons. The number of nitrogens with one attached hydrogen (secondary N) is 1. The van der Waals surface area contributed by atoms with E-state index in [-0.39, 0.29) is 30.6 Å². The lowest BCUT2D eigenvalue weighted by molar-refractivity contribution is -0.120. The van der Waals surface area contributed by atoms with Crippen molar-refractivity contribution in [2.45, 2.75) is 19.5 Å². The van der Waals surface area contributed by atoms with Crippen LogP contribution in [0.3, 0.4) is 0 Å².